The number of ether oxygens (including phenoxy) is 1. The molecule has 2 rings (SSSR count). The van der Waals surface area contributed by atoms with Gasteiger partial charge in [0.15, 0.2) is 6.29 Å². The lowest BCUT2D eigenvalue weighted by atomic mass is 10.2. The first-order valence-electron chi connectivity index (χ1n) is 5.32. The largest absolute Gasteiger partial charge is 0.486 e. The van der Waals surface area contributed by atoms with Crippen LogP contribution >= 0.6 is 11.6 Å². The predicted molar refractivity (Wildman–Crippen MR) is 67.6 cm³/mol. The molecular weight excluding hydrogens is 255 g/mol. The summed E-state index contributed by atoms with van der Waals surface area (Å²) in [6, 6.07) is 11.2. The molecule has 0 saturated carbocycles. The molecule has 0 atom stereocenters. The van der Waals surface area contributed by atoms with Crippen molar-refractivity contribution in [3.63, 3.8) is 0 Å². The smallest absolute Gasteiger partial charge is 0.153 e. The van der Waals surface area contributed by atoms with Crippen molar-refractivity contribution >= 4 is 17.9 Å². The van der Waals surface area contributed by atoms with Gasteiger partial charge in [-0.1, -0.05) is 35.9 Å². The van der Waals surface area contributed by atoms with Crippen molar-refractivity contribution in [3.05, 3.63) is 64.4 Å². The number of para-hydroxylation sites is 1. The van der Waals surface area contributed by atoms with E-state index in [1.807, 2.05) is 0 Å². The van der Waals surface area contributed by atoms with Crippen LogP contribution in [-0.2, 0) is 6.61 Å². The zero-order chi connectivity index (χ0) is 13.0. The normalized spacial score (nSPS) is 10.1. The summed E-state index contributed by atoms with van der Waals surface area (Å²) in [4.78, 5) is 10.8. The Balaban J connectivity index is 2.21. The second kappa shape index (κ2) is 5.65. The first kappa shape index (κ1) is 12.6. The summed E-state index contributed by atoms with van der Waals surface area (Å²) in [5, 5.41) is 0.330. The molecule has 0 aliphatic carbocycles. The fourth-order valence-electron chi connectivity index (χ4n) is 1.54. The molecule has 0 bridgehead atoms. The van der Waals surface area contributed by atoms with Crippen LogP contribution in [0.1, 0.15) is 15.9 Å². The second-order valence-corrected chi connectivity index (χ2v) is 4.06. The van der Waals surface area contributed by atoms with E-state index in [9.17, 15) is 9.18 Å². The van der Waals surface area contributed by atoms with Gasteiger partial charge in [0.1, 0.15) is 18.2 Å². The zero-order valence-corrected chi connectivity index (χ0v) is 10.2. The predicted octanol–water partition coefficient (Wildman–Crippen LogP) is 3.87. The maximum absolute atomic E-state index is 13.4. The van der Waals surface area contributed by atoms with E-state index in [2.05, 4.69) is 0 Å². The highest BCUT2D eigenvalue weighted by molar-refractivity contribution is 6.32. The van der Waals surface area contributed by atoms with Crippen molar-refractivity contribution in [3.8, 4) is 5.75 Å². The summed E-state index contributed by atoms with van der Waals surface area (Å²) in [5.74, 6) is -0.0744. The molecule has 18 heavy (non-hydrogen) atoms. The Kier molecular flexibility index (Phi) is 3.95. The Labute approximate surface area is 109 Å². The molecule has 0 N–H and O–H groups in total. The minimum absolute atomic E-state index is 0.0250. The van der Waals surface area contributed by atoms with E-state index >= 15 is 0 Å². The number of halogens is 2. The third kappa shape index (κ3) is 2.68. The van der Waals surface area contributed by atoms with Crippen molar-refractivity contribution < 1.29 is 13.9 Å². The summed E-state index contributed by atoms with van der Waals surface area (Å²) in [7, 11) is 0. The standard InChI is InChI=1S/C14H10ClFO2/c15-12-6-3-5-10(8-17)14(12)18-9-11-4-1-2-7-13(11)16/h1-8H,9H2. The van der Waals surface area contributed by atoms with Crippen LogP contribution in [0.2, 0.25) is 5.02 Å². The van der Waals surface area contributed by atoms with Gasteiger partial charge >= 0.3 is 0 Å². The third-order valence-corrected chi connectivity index (χ3v) is 2.75. The Bertz CT molecular complexity index is 569. The fourth-order valence-corrected chi connectivity index (χ4v) is 1.77. The maximum atomic E-state index is 13.4. The van der Waals surface area contributed by atoms with Crippen LogP contribution in [0.25, 0.3) is 0 Å². The van der Waals surface area contributed by atoms with Gasteiger partial charge in [-0.3, -0.25) is 4.79 Å². The molecule has 0 fully saturated rings. The highest BCUT2D eigenvalue weighted by atomic mass is 35.5. The summed E-state index contributed by atoms with van der Waals surface area (Å²) in [6.07, 6.45) is 0.655. The Morgan fingerprint density at radius 1 is 1.17 bits per heavy atom. The Hall–Kier alpha value is -1.87. The number of rotatable bonds is 4. The Morgan fingerprint density at radius 2 is 1.94 bits per heavy atom. The number of aldehydes is 1. The van der Waals surface area contributed by atoms with Crippen molar-refractivity contribution in [2.75, 3.05) is 0 Å². The number of carbonyl (C=O) groups is 1. The first-order valence-corrected chi connectivity index (χ1v) is 5.70. The molecule has 2 aromatic rings. The highest BCUT2D eigenvalue weighted by Gasteiger charge is 2.09. The van der Waals surface area contributed by atoms with E-state index in [1.54, 1.807) is 36.4 Å². The lowest BCUT2D eigenvalue weighted by Crippen LogP contribution is -2.01. The molecule has 0 amide bonds. The molecule has 0 spiro atoms. The molecule has 2 nitrogen and oxygen atoms in total. The molecule has 92 valence electrons. The van der Waals surface area contributed by atoms with Gasteiger partial charge in [0.2, 0.25) is 0 Å². The van der Waals surface area contributed by atoms with Crippen LogP contribution in [0.4, 0.5) is 4.39 Å². The number of carbonyl (C=O) groups excluding carboxylic acids is 1. The average molecular weight is 265 g/mol. The van der Waals surface area contributed by atoms with Crippen LogP contribution in [-0.4, -0.2) is 6.29 Å². The number of benzene rings is 2. The number of hydrogen-bond acceptors (Lipinski definition) is 2. The van der Waals surface area contributed by atoms with Gasteiger partial charge in [-0.05, 0) is 18.2 Å². The van der Waals surface area contributed by atoms with Crippen molar-refractivity contribution in [1.82, 2.24) is 0 Å². The lowest BCUT2D eigenvalue weighted by Gasteiger charge is -2.10. The Morgan fingerprint density at radius 3 is 2.67 bits per heavy atom. The molecule has 0 aliphatic rings. The molecule has 4 heteroatoms. The van der Waals surface area contributed by atoms with Crippen LogP contribution in [0, 0.1) is 5.82 Å². The topological polar surface area (TPSA) is 26.3 Å². The van der Waals surface area contributed by atoms with E-state index in [4.69, 9.17) is 16.3 Å². The van der Waals surface area contributed by atoms with Crippen LogP contribution < -0.4 is 4.74 Å². The van der Waals surface area contributed by atoms with E-state index in [-0.39, 0.29) is 18.2 Å². The van der Waals surface area contributed by atoms with E-state index < -0.39 is 0 Å². The lowest BCUT2D eigenvalue weighted by molar-refractivity contribution is 0.111. The molecule has 0 aliphatic heterocycles. The van der Waals surface area contributed by atoms with Crippen LogP contribution in [0.3, 0.4) is 0 Å². The van der Waals surface area contributed by atoms with E-state index in [0.717, 1.165) is 0 Å². The van der Waals surface area contributed by atoms with Crippen LogP contribution in [0.5, 0.6) is 5.75 Å². The summed E-state index contributed by atoms with van der Waals surface area (Å²) >= 11 is 5.94. The second-order valence-electron chi connectivity index (χ2n) is 3.66. The van der Waals surface area contributed by atoms with Gasteiger partial charge in [0.25, 0.3) is 0 Å². The molecule has 0 unspecified atom stereocenters. The highest BCUT2D eigenvalue weighted by Crippen LogP contribution is 2.28. The number of hydrogen-bond donors (Lipinski definition) is 0. The van der Waals surface area contributed by atoms with Gasteiger partial charge in [-0.25, -0.2) is 4.39 Å². The van der Waals surface area contributed by atoms with Crippen LogP contribution in [0.15, 0.2) is 42.5 Å². The molecule has 0 radical (unpaired) electrons. The molecule has 0 saturated heterocycles. The minimum atomic E-state index is -0.350. The molecule has 2 aromatic carbocycles. The van der Waals surface area contributed by atoms with Gasteiger partial charge in [0.05, 0.1) is 10.6 Å². The average Bonchev–Trinajstić information content (AvgIpc) is 2.39. The van der Waals surface area contributed by atoms with Crippen molar-refractivity contribution in [2.45, 2.75) is 6.61 Å². The van der Waals surface area contributed by atoms with Gasteiger partial charge in [0, 0.05) is 5.56 Å². The van der Waals surface area contributed by atoms with E-state index in [0.29, 0.717) is 22.4 Å². The SMILES string of the molecule is O=Cc1cccc(Cl)c1OCc1ccccc1F. The van der Waals surface area contributed by atoms with Gasteiger partial charge in [-0.15, -0.1) is 0 Å². The molecule has 0 heterocycles. The quantitative estimate of drug-likeness (QED) is 0.784. The maximum Gasteiger partial charge on any atom is 0.153 e. The van der Waals surface area contributed by atoms with Crippen molar-refractivity contribution in [2.24, 2.45) is 0 Å². The van der Waals surface area contributed by atoms with Gasteiger partial charge < -0.3 is 4.74 Å². The monoisotopic (exact) mass is 264 g/mol. The van der Waals surface area contributed by atoms with Gasteiger partial charge in [-0.2, -0.15) is 0 Å². The summed E-state index contributed by atoms with van der Waals surface area (Å²) in [6.45, 7) is 0.0250. The third-order valence-electron chi connectivity index (χ3n) is 2.45. The van der Waals surface area contributed by atoms with Crippen molar-refractivity contribution in [1.29, 1.82) is 0 Å². The fraction of sp³-hybridized carbons (Fsp3) is 0.0714. The minimum Gasteiger partial charge on any atom is -0.486 e. The first-order chi connectivity index (χ1) is 8.72. The molecule has 0 aromatic heterocycles. The molecular formula is C14H10ClFO2. The summed E-state index contributed by atoms with van der Waals surface area (Å²) in [5.41, 5.74) is 0.758. The van der Waals surface area contributed by atoms with E-state index in [1.165, 1.54) is 6.07 Å². The zero-order valence-electron chi connectivity index (χ0n) is 9.40. The summed E-state index contributed by atoms with van der Waals surface area (Å²) < 4.78 is 18.8.